The first-order valence-electron chi connectivity index (χ1n) is 12.1. The van der Waals surface area contributed by atoms with E-state index in [1.807, 2.05) is 67.6 Å². The summed E-state index contributed by atoms with van der Waals surface area (Å²) in [5.74, 6) is -1.27. The second-order valence-corrected chi connectivity index (χ2v) is 12.8. The topological polar surface area (TPSA) is 74.7 Å². The van der Waals surface area contributed by atoms with Gasteiger partial charge in [0.25, 0.3) is 0 Å². The summed E-state index contributed by atoms with van der Waals surface area (Å²) in [6.45, 7) is 5.04. The lowest BCUT2D eigenvalue weighted by atomic mass is 9.90. The minimum absolute atomic E-state index is 0.0314. The molecule has 35 heavy (non-hydrogen) atoms. The molecule has 1 aromatic heterocycles. The van der Waals surface area contributed by atoms with Gasteiger partial charge in [-0.1, -0.05) is 55.0 Å². The molecule has 2 aliphatic heterocycles. The summed E-state index contributed by atoms with van der Waals surface area (Å²) in [7, 11) is -3.55. The van der Waals surface area contributed by atoms with Crippen LogP contribution in [0, 0.1) is 5.92 Å². The van der Waals surface area contributed by atoms with Crippen LogP contribution in [0.25, 0.3) is 10.2 Å². The molecule has 6 nitrogen and oxygen atoms in total. The zero-order valence-corrected chi connectivity index (χ0v) is 21.7. The molecule has 0 aliphatic carbocycles. The third kappa shape index (κ3) is 5.37. The Bertz CT molecular complexity index is 1270. The van der Waals surface area contributed by atoms with Gasteiger partial charge in [-0.05, 0) is 55.9 Å². The first-order chi connectivity index (χ1) is 16.8. The maximum absolute atomic E-state index is 13.2. The lowest BCUT2D eigenvalue weighted by Gasteiger charge is -2.47. The molecule has 0 N–H and O–H groups in total. The molecule has 3 heterocycles. The number of nitrogens with zero attached hydrogens (tertiary/aromatic N) is 1. The molecule has 0 bridgehead atoms. The minimum Gasteiger partial charge on any atom is -0.368 e. The summed E-state index contributed by atoms with van der Waals surface area (Å²) in [5, 5.41) is 0. The van der Waals surface area contributed by atoms with E-state index >= 15 is 0 Å². The number of fused-ring (bicyclic) bond motifs is 1. The van der Waals surface area contributed by atoms with Crippen LogP contribution in [0.2, 0.25) is 0 Å². The number of sulfone groups is 1. The van der Waals surface area contributed by atoms with Crippen molar-refractivity contribution in [3.63, 3.8) is 0 Å². The van der Waals surface area contributed by atoms with Crippen molar-refractivity contribution < 1.29 is 22.6 Å². The number of rotatable bonds is 7. The lowest BCUT2D eigenvalue weighted by molar-refractivity contribution is -0.308. The summed E-state index contributed by atoms with van der Waals surface area (Å²) < 4.78 is 46.7. The fourth-order valence-corrected chi connectivity index (χ4v) is 7.83. The van der Waals surface area contributed by atoms with E-state index in [1.165, 1.54) is 11.3 Å². The predicted octanol–water partition coefficient (Wildman–Crippen LogP) is 5.53. The summed E-state index contributed by atoms with van der Waals surface area (Å²) in [6, 6.07) is 17.6. The SMILES string of the molecule is CC1=C[C@@]2(OCCC[C@H]2OCc2ccccc2)O[C@H]([C@H](C)CS(=O)(=O)c2nc3ccccc3s2)C1. The van der Waals surface area contributed by atoms with E-state index < -0.39 is 15.6 Å². The molecule has 2 aliphatic rings. The van der Waals surface area contributed by atoms with Gasteiger partial charge in [-0.3, -0.25) is 0 Å². The molecule has 186 valence electrons. The zero-order valence-electron chi connectivity index (χ0n) is 20.1. The highest BCUT2D eigenvalue weighted by molar-refractivity contribution is 7.93. The van der Waals surface area contributed by atoms with Crippen molar-refractivity contribution in [3.8, 4) is 0 Å². The van der Waals surface area contributed by atoms with Crippen LogP contribution in [-0.2, 0) is 30.7 Å². The van der Waals surface area contributed by atoms with E-state index in [-0.39, 0.29) is 28.2 Å². The van der Waals surface area contributed by atoms with Gasteiger partial charge >= 0.3 is 0 Å². The van der Waals surface area contributed by atoms with Crippen molar-refractivity contribution in [2.24, 2.45) is 5.92 Å². The maximum atomic E-state index is 13.2. The van der Waals surface area contributed by atoms with E-state index in [0.29, 0.717) is 25.2 Å². The Morgan fingerprint density at radius 3 is 2.74 bits per heavy atom. The van der Waals surface area contributed by atoms with Gasteiger partial charge in [0.2, 0.25) is 20.0 Å². The summed E-state index contributed by atoms with van der Waals surface area (Å²) in [6.07, 6.45) is 3.85. The molecule has 1 spiro atoms. The molecule has 8 heteroatoms. The van der Waals surface area contributed by atoms with E-state index in [0.717, 1.165) is 28.7 Å². The quantitative estimate of drug-likeness (QED) is 0.387. The molecule has 3 aromatic rings. The van der Waals surface area contributed by atoms with Crippen LogP contribution in [0.3, 0.4) is 0 Å². The molecule has 5 rings (SSSR count). The van der Waals surface area contributed by atoms with Crippen molar-refractivity contribution >= 4 is 31.4 Å². The number of hydrogen-bond donors (Lipinski definition) is 0. The monoisotopic (exact) mass is 513 g/mol. The number of ether oxygens (including phenoxy) is 3. The van der Waals surface area contributed by atoms with Gasteiger partial charge < -0.3 is 14.2 Å². The van der Waals surface area contributed by atoms with Crippen LogP contribution >= 0.6 is 11.3 Å². The van der Waals surface area contributed by atoms with Crippen LogP contribution in [0.4, 0.5) is 0 Å². The average molecular weight is 514 g/mol. The Labute approximate surface area is 210 Å². The van der Waals surface area contributed by atoms with Crippen LogP contribution in [0.15, 0.2) is 70.6 Å². The molecule has 0 saturated carbocycles. The van der Waals surface area contributed by atoms with Gasteiger partial charge in [-0.2, -0.15) is 0 Å². The first kappa shape index (κ1) is 24.6. The lowest BCUT2D eigenvalue weighted by Crippen LogP contribution is -2.55. The molecule has 1 fully saturated rings. The Morgan fingerprint density at radius 1 is 1.17 bits per heavy atom. The van der Waals surface area contributed by atoms with Crippen molar-refractivity contribution in [2.45, 2.75) is 62.1 Å². The number of para-hydroxylation sites is 1. The number of hydrogen-bond acceptors (Lipinski definition) is 7. The molecule has 0 radical (unpaired) electrons. The standard InChI is InChI=1S/C27H31NO5S2/c1-19-15-23(20(2)18-35(29,30)26-28-22-11-6-7-12-24(22)34-26)33-27(16-19)25(13-8-14-32-27)31-17-21-9-4-3-5-10-21/h3-7,9-12,16,20,23,25H,8,13-15,17-18H2,1-2H3/t20-,23+,25-,27-/m1/s1. The van der Waals surface area contributed by atoms with E-state index in [9.17, 15) is 8.42 Å². The van der Waals surface area contributed by atoms with Crippen LogP contribution in [0.1, 0.15) is 38.7 Å². The molecular weight excluding hydrogens is 482 g/mol. The normalized spacial score (nSPS) is 26.1. The smallest absolute Gasteiger partial charge is 0.215 e. The van der Waals surface area contributed by atoms with Gasteiger partial charge in [0, 0.05) is 0 Å². The van der Waals surface area contributed by atoms with Gasteiger partial charge in [-0.25, -0.2) is 13.4 Å². The summed E-state index contributed by atoms with van der Waals surface area (Å²) in [4.78, 5) is 4.38. The fourth-order valence-electron chi connectivity index (χ4n) is 4.87. The molecule has 2 aromatic carbocycles. The van der Waals surface area contributed by atoms with Gasteiger partial charge in [-0.15, -0.1) is 11.3 Å². The summed E-state index contributed by atoms with van der Waals surface area (Å²) >= 11 is 1.22. The van der Waals surface area contributed by atoms with Gasteiger partial charge in [0.15, 0.2) is 0 Å². The third-order valence-electron chi connectivity index (χ3n) is 6.64. The van der Waals surface area contributed by atoms with E-state index in [1.54, 1.807) is 0 Å². The van der Waals surface area contributed by atoms with Gasteiger partial charge in [0.1, 0.15) is 6.10 Å². The second kappa shape index (κ2) is 10.1. The Hall–Kier alpha value is -2.10. The number of benzene rings is 2. The number of aromatic nitrogens is 1. The van der Waals surface area contributed by atoms with E-state index in [2.05, 4.69) is 11.9 Å². The van der Waals surface area contributed by atoms with Crippen LogP contribution in [-0.4, -0.2) is 43.8 Å². The molecule has 4 atom stereocenters. The average Bonchev–Trinajstić information content (AvgIpc) is 3.29. The van der Waals surface area contributed by atoms with Crippen molar-refractivity contribution in [2.75, 3.05) is 12.4 Å². The van der Waals surface area contributed by atoms with Crippen molar-refractivity contribution in [1.29, 1.82) is 0 Å². The molecule has 0 unspecified atom stereocenters. The zero-order chi connectivity index (χ0) is 24.5. The number of thiazole rings is 1. The Morgan fingerprint density at radius 2 is 1.94 bits per heavy atom. The molecule has 0 amide bonds. The fraction of sp³-hybridized carbons (Fsp3) is 0.444. The van der Waals surface area contributed by atoms with Gasteiger partial charge in [0.05, 0.1) is 35.3 Å². The predicted molar refractivity (Wildman–Crippen MR) is 137 cm³/mol. The Kier molecular flexibility index (Phi) is 7.10. The molecule has 1 saturated heterocycles. The maximum Gasteiger partial charge on any atom is 0.215 e. The molecular formula is C27H31NO5S2. The minimum atomic E-state index is -3.55. The highest BCUT2D eigenvalue weighted by Gasteiger charge is 2.48. The highest BCUT2D eigenvalue weighted by Crippen LogP contribution is 2.40. The highest BCUT2D eigenvalue weighted by atomic mass is 32.2. The largest absolute Gasteiger partial charge is 0.368 e. The van der Waals surface area contributed by atoms with Crippen LogP contribution in [0.5, 0.6) is 0 Å². The summed E-state index contributed by atoms with van der Waals surface area (Å²) in [5.41, 5.74) is 2.93. The third-order valence-corrected chi connectivity index (χ3v) is 10.1. The van der Waals surface area contributed by atoms with Crippen molar-refractivity contribution in [3.05, 3.63) is 71.8 Å². The van der Waals surface area contributed by atoms with E-state index in [4.69, 9.17) is 14.2 Å². The van der Waals surface area contributed by atoms with Crippen molar-refractivity contribution in [1.82, 2.24) is 4.98 Å². The van der Waals surface area contributed by atoms with Crippen LogP contribution < -0.4 is 0 Å². The first-order valence-corrected chi connectivity index (χ1v) is 14.6. The second-order valence-electron chi connectivity index (χ2n) is 9.55. The Balaban J connectivity index is 1.32.